The van der Waals surface area contributed by atoms with Crippen molar-refractivity contribution in [1.82, 2.24) is 25.7 Å². The molecule has 2 aromatic heterocycles. The zero-order valence-electron chi connectivity index (χ0n) is 18.0. The van der Waals surface area contributed by atoms with Gasteiger partial charge in [0.15, 0.2) is 5.96 Å². The van der Waals surface area contributed by atoms with Crippen molar-refractivity contribution in [3.8, 4) is 11.4 Å². The third-order valence-corrected chi connectivity index (χ3v) is 5.58. The number of aliphatic imine (C=N–C) groups is 1. The van der Waals surface area contributed by atoms with Crippen molar-refractivity contribution in [3.63, 3.8) is 0 Å². The van der Waals surface area contributed by atoms with Gasteiger partial charge in [0.05, 0.1) is 18.8 Å². The van der Waals surface area contributed by atoms with Crippen LogP contribution in [0.2, 0.25) is 5.02 Å². The van der Waals surface area contributed by atoms with Crippen molar-refractivity contribution < 1.29 is 8.94 Å². The summed E-state index contributed by atoms with van der Waals surface area (Å²) in [5.74, 6) is 2.60. The molecule has 0 spiro atoms. The molecule has 1 fully saturated rings. The number of likely N-dealkylation sites (tertiary alicyclic amines) is 1. The minimum Gasteiger partial charge on any atom is -0.468 e. The van der Waals surface area contributed by atoms with Crippen molar-refractivity contribution in [2.45, 2.75) is 31.8 Å². The SMILES string of the molecule is CN=C(NCc1nc(-c2cccc(Cl)c2)no1)NCC(c1ccco1)N1CCCCC1.I. The summed E-state index contributed by atoms with van der Waals surface area (Å²) in [7, 11) is 1.74. The molecule has 3 heterocycles. The van der Waals surface area contributed by atoms with Crippen LogP contribution in [0.4, 0.5) is 0 Å². The molecule has 0 amide bonds. The average Bonchev–Trinajstić information content (AvgIpc) is 3.49. The van der Waals surface area contributed by atoms with E-state index < -0.39 is 0 Å². The Labute approximate surface area is 209 Å². The van der Waals surface area contributed by atoms with E-state index >= 15 is 0 Å². The Morgan fingerprint density at radius 3 is 2.75 bits per heavy atom. The lowest BCUT2D eigenvalue weighted by Crippen LogP contribution is -2.44. The number of hydrogen-bond acceptors (Lipinski definition) is 6. The van der Waals surface area contributed by atoms with E-state index in [1.165, 1.54) is 19.3 Å². The molecular formula is C22H28ClIN6O2. The average molecular weight is 571 g/mol. The molecule has 0 radical (unpaired) electrons. The van der Waals surface area contributed by atoms with Crippen molar-refractivity contribution >= 4 is 41.5 Å². The fourth-order valence-electron chi connectivity index (χ4n) is 3.77. The Morgan fingerprint density at radius 1 is 1.19 bits per heavy atom. The molecule has 32 heavy (non-hydrogen) atoms. The van der Waals surface area contributed by atoms with Gasteiger partial charge in [-0.2, -0.15) is 4.98 Å². The van der Waals surface area contributed by atoms with E-state index in [-0.39, 0.29) is 30.0 Å². The number of aromatic nitrogens is 2. The van der Waals surface area contributed by atoms with Crippen LogP contribution < -0.4 is 10.6 Å². The molecule has 1 atom stereocenters. The number of hydrogen-bond donors (Lipinski definition) is 2. The lowest BCUT2D eigenvalue weighted by atomic mass is 10.1. The summed E-state index contributed by atoms with van der Waals surface area (Å²) >= 11 is 6.04. The van der Waals surface area contributed by atoms with Crippen LogP contribution in [0, 0.1) is 0 Å². The van der Waals surface area contributed by atoms with E-state index in [1.54, 1.807) is 19.4 Å². The van der Waals surface area contributed by atoms with Gasteiger partial charge in [-0.05, 0) is 50.2 Å². The lowest BCUT2D eigenvalue weighted by Gasteiger charge is -2.33. The maximum atomic E-state index is 6.04. The van der Waals surface area contributed by atoms with Gasteiger partial charge >= 0.3 is 0 Å². The predicted molar refractivity (Wildman–Crippen MR) is 135 cm³/mol. The number of piperidine rings is 1. The third kappa shape index (κ3) is 6.46. The molecule has 0 aliphatic carbocycles. The number of guanidine groups is 1. The molecule has 1 unspecified atom stereocenters. The van der Waals surface area contributed by atoms with Crippen molar-refractivity contribution in [3.05, 3.63) is 59.3 Å². The molecule has 1 saturated heterocycles. The Morgan fingerprint density at radius 2 is 2.03 bits per heavy atom. The van der Waals surface area contributed by atoms with Crippen LogP contribution >= 0.6 is 35.6 Å². The largest absolute Gasteiger partial charge is 0.468 e. The van der Waals surface area contributed by atoms with E-state index in [0.29, 0.717) is 35.8 Å². The number of nitrogens with one attached hydrogen (secondary N) is 2. The zero-order chi connectivity index (χ0) is 21.5. The van der Waals surface area contributed by atoms with Crippen LogP contribution in [0.3, 0.4) is 0 Å². The monoisotopic (exact) mass is 570 g/mol. The zero-order valence-corrected chi connectivity index (χ0v) is 21.0. The summed E-state index contributed by atoms with van der Waals surface area (Å²) in [6, 6.07) is 11.5. The highest BCUT2D eigenvalue weighted by Crippen LogP contribution is 2.24. The second-order valence-electron chi connectivity index (χ2n) is 7.46. The predicted octanol–water partition coefficient (Wildman–Crippen LogP) is 4.49. The molecule has 3 aromatic rings. The quantitative estimate of drug-likeness (QED) is 0.246. The van der Waals surface area contributed by atoms with Crippen LogP contribution in [-0.2, 0) is 6.54 Å². The first-order chi connectivity index (χ1) is 15.2. The summed E-state index contributed by atoms with van der Waals surface area (Å²) in [4.78, 5) is 11.2. The van der Waals surface area contributed by atoms with Gasteiger partial charge in [-0.1, -0.05) is 35.3 Å². The first-order valence-electron chi connectivity index (χ1n) is 10.5. The van der Waals surface area contributed by atoms with Gasteiger partial charge in [-0.25, -0.2) is 0 Å². The number of rotatable bonds is 7. The van der Waals surface area contributed by atoms with Gasteiger partial charge in [0, 0.05) is 24.2 Å². The van der Waals surface area contributed by atoms with E-state index in [4.69, 9.17) is 20.5 Å². The summed E-state index contributed by atoms with van der Waals surface area (Å²) in [6.45, 7) is 3.20. The molecule has 1 aliphatic rings. The fourth-order valence-corrected chi connectivity index (χ4v) is 3.96. The lowest BCUT2D eigenvalue weighted by molar-refractivity contribution is 0.146. The van der Waals surface area contributed by atoms with Crippen molar-refractivity contribution in [2.24, 2.45) is 4.99 Å². The Balaban J connectivity index is 0.00000289. The first kappa shape index (κ1) is 24.5. The van der Waals surface area contributed by atoms with E-state index in [9.17, 15) is 0 Å². The Kier molecular flexibility index (Phi) is 9.36. The Hall–Kier alpha value is -2.11. The highest BCUT2D eigenvalue weighted by molar-refractivity contribution is 14.0. The molecular weight excluding hydrogens is 543 g/mol. The highest BCUT2D eigenvalue weighted by Gasteiger charge is 2.24. The number of nitrogens with zero attached hydrogens (tertiary/aromatic N) is 4. The van der Waals surface area contributed by atoms with Crippen molar-refractivity contribution in [1.29, 1.82) is 0 Å². The van der Waals surface area contributed by atoms with Crippen LogP contribution in [0.5, 0.6) is 0 Å². The second kappa shape index (κ2) is 12.2. The number of furan rings is 1. The first-order valence-corrected chi connectivity index (χ1v) is 10.9. The standard InChI is InChI=1S/C22H27ClN6O2.HI/c1-24-22(25-14-18(19-9-6-12-30-19)29-10-3-2-4-11-29)26-15-20-27-21(28-31-20)16-7-5-8-17(23)13-16;/h5-9,12-13,18H,2-4,10-11,14-15H2,1H3,(H2,24,25,26);1H. The maximum Gasteiger partial charge on any atom is 0.246 e. The summed E-state index contributed by atoms with van der Waals surface area (Å²) in [6.07, 6.45) is 5.46. The van der Waals surface area contributed by atoms with Gasteiger partial charge in [-0.3, -0.25) is 9.89 Å². The summed E-state index contributed by atoms with van der Waals surface area (Å²) in [5, 5.41) is 11.3. The number of halogens is 2. The molecule has 0 saturated carbocycles. The second-order valence-corrected chi connectivity index (χ2v) is 7.89. The number of benzene rings is 1. The van der Waals surface area contributed by atoms with Crippen LogP contribution in [0.25, 0.3) is 11.4 Å². The van der Waals surface area contributed by atoms with E-state index in [1.807, 2.05) is 30.3 Å². The summed E-state index contributed by atoms with van der Waals surface area (Å²) < 4.78 is 11.1. The van der Waals surface area contributed by atoms with Crippen LogP contribution in [0.15, 0.2) is 56.6 Å². The minimum atomic E-state index is 0. The molecule has 2 N–H and O–H groups in total. The van der Waals surface area contributed by atoms with Crippen LogP contribution in [-0.4, -0.2) is 47.7 Å². The molecule has 8 nitrogen and oxygen atoms in total. The fraction of sp³-hybridized carbons (Fsp3) is 0.409. The van der Waals surface area contributed by atoms with Gasteiger partial charge < -0.3 is 19.6 Å². The van der Waals surface area contributed by atoms with Gasteiger partial charge in [0.1, 0.15) is 5.76 Å². The minimum absolute atomic E-state index is 0. The van der Waals surface area contributed by atoms with Crippen molar-refractivity contribution in [2.75, 3.05) is 26.7 Å². The molecule has 172 valence electrons. The normalized spacial score (nSPS) is 15.8. The topological polar surface area (TPSA) is 91.7 Å². The molecule has 10 heteroatoms. The maximum absolute atomic E-state index is 6.04. The van der Waals surface area contributed by atoms with E-state index in [0.717, 1.165) is 24.4 Å². The molecule has 4 rings (SSSR count). The third-order valence-electron chi connectivity index (χ3n) is 5.35. The molecule has 1 aromatic carbocycles. The van der Waals surface area contributed by atoms with Crippen LogP contribution in [0.1, 0.15) is 37.0 Å². The molecule has 1 aliphatic heterocycles. The Bertz CT molecular complexity index is 988. The smallest absolute Gasteiger partial charge is 0.246 e. The highest BCUT2D eigenvalue weighted by atomic mass is 127. The van der Waals surface area contributed by atoms with Gasteiger partial charge in [0.2, 0.25) is 11.7 Å². The van der Waals surface area contributed by atoms with Gasteiger partial charge in [-0.15, -0.1) is 24.0 Å². The summed E-state index contributed by atoms with van der Waals surface area (Å²) in [5.41, 5.74) is 0.813. The van der Waals surface area contributed by atoms with Gasteiger partial charge in [0.25, 0.3) is 0 Å². The van der Waals surface area contributed by atoms with E-state index in [2.05, 4.69) is 30.7 Å². The molecule has 0 bridgehead atoms.